The quantitative estimate of drug-likeness (QED) is 0.796. The number of ether oxygens (including phenoxy) is 1. The maximum absolute atomic E-state index is 12.3. The van der Waals surface area contributed by atoms with E-state index in [1.165, 1.54) is 37.0 Å². The molecule has 0 atom stereocenters. The van der Waals surface area contributed by atoms with Crippen molar-refractivity contribution in [1.29, 1.82) is 0 Å². The van der Waals surface area contributed by atoms with E-state index >= 15 is 0 Å². The molecule has 0 unspecified atom stereocenters. The fraction of sp³-hybridized carbons (Fsp3) is 0.588. The topological polar surface area (TPSA) is 55.3 Å². The fourth-order valence-corrected chi connectivity index (χ4v) is 4.06. The molecule has 0 amide bonds. The molecule has 0 saturated carbocycles. The van der Waals surface area contributed by atoms with Crippen LogP contribution >= 0.6 is 11.3 Å². The zero-order valence-corrected chi connectivity index (χ0v) is 14.8. The highest BCUT2D eigenvalue weighted by Gasteiger charge is 2.23. The van der Waals surface area contributed by atoms with E-state index in [2.05, 4.69) is 14.9 Å². The molecule has 23 heavy (non-hydrogen) atoms. The van der Waals surface area contributed by atoms with Crippen LogP contribution in [0.5, 0.6) is 0 Å². The Morgan fingerprint density at radius 1 is 1.22 bits per heavy atom. The van der Waals surface area contributed by atoms with Crippen molar-refractivity contribution in [3.63, 3.8) is 0 Å². The summed E-state index contributed by atoms with van der Waals surface area (Å²) in [5.41, 5.74) is 0.940. The van der Waals surface area contributed by atoms with Gasteiger partial charge in [0, 0.05) is 13.1 Å². The summed E-state index contributed by atoms with van der Waals surface area (Å²) in [5.74, 6) is 0.705. The summed E-state index contributed by atoms with van der Waals surface area (Å²) < 4.78 is 5.36. The minimum Gasteiger partial charge on any atom is -0.459 e. The first-order chi connectivity index (χ1) is 11.1. The van der Waals surface area contributed by atoms with Gasteiger partial charge in [0.05, 0.1) is 11.5 Å². The second kappa shape index (κ2) is 6.83. The maximum Gasteiger partial charge on any atom is 0.348 e. The highest BCUT2D eigenvalue weighted by Crippen LogP contribution is 2.36. The van der Waals surface area contributed by atoms with Gasteiger partial charge in [-0.1, -0.05) is 12.8 Å². The molecule has 0 aromatic carbocycles. The monoisotopic (exact) mass is 333 g/mol. The lowest BCUT2D eigenvalue weighted by molar-refractivity contribution is 0.0383. The molecule has 0 N–H and O–H groups in total. The molecule has 6 heteroatoms. The Bertz CT molecular complexity index is 703. The van der Waals surface area contributed by atoms with E-state index in [1.54, 1.807) is 6.33 Å². The van der Waals surface area contributed by atoms with Gasteiger partial charge in [-0.05, 0) is 39.2 Å². The van der Waals surface area contributed by atoms with Crippen LogP contribution in [0.3, 0.4) is 0 Å². The van der Waals surface area contributed by atoms with Gasteiger partial charge in [-0.25, -0.2) is 14.8 Å². The molecule has 0 bridgehead atoms. The number of esters is 1. The highest BCUT2D eigenvalue weighted by atomic mass is 32.1. The number of carbonyl (C=O) groups excluding carboxylic acids is 1. The number of aromatic nitrogens is 2. The molecular weight excluding hydrogens is 310 g/mol. The van der Waals surface area contributed by atoms with Crippen LogP contribution < -0.4 is 4.90 Å². The number of anilines is 1. The van der Waals surface area contributed by atoms with Crippen molar-refractivity contribution in [3.05, 3.63) is 16.8 Å². The van der Waals surface area contributed by atoms with Crippen molar-refractivity contribution >= 4 is 33.3 Å². The first kappa shape index (κ1) is 16.2. The Morgan fingerprint density at radius 2 is 1.91 bits per heavy atom. The summed E-state index contributed by atoms with van der Waals surface area (Å²) in [6.45, 7) is 7.74. The normalized spacial score (nSPS) is 15.9. The molecule has 0 aliphatic carbocycles. The van der Waals surface area contributed by atoms with E-state index in [4.69, 9.17) is 4.74 Å². The number of carbonyl (C=O) groups is 1. The highest BCUT2D eigenvalue weighted by molar-refractivity contribution is 7.20. The predicted octanol–water partition coefficient (Wildman–Crippen LogP) is 3.95. The Morgan fingerprint density at radius 3 is 2.57 bits per heavy atom. The SMILES string of the molecule is Cc1c(C(=O)OC(C)C)sc2ncnc(N3CCCCCC3)c12. The number of rotatable bonds is 3. The molecule has 2 aromatic rings. The van der Waals surface area contributed by atoms with E-state index in [9.17, 15) is 4.79 Å². The first-order valence-corrected chi connectivity index (χ1v) is 9.09. The molecular formula is C17H23N3O2S. The van der Waals surface area contributed by atoms with Crippen LogP contribution in [0.2, 0.25) is 0 Å². The van der Waals surface area contributed by atoms with Gasteiger partial charge in [0.15, 0.2) is 0 Å². The van der Waals surface area contributed by atoms with Crippen molar-refractivity contribution in [2.75, 3.05) is 18.0 Å². The Hall–Kier alpha value is -1.69. The second-order valence-electron chi connectivity index (χ2n) is 6.29. The minimum absolute atomic E-state index is 0.122. The average molecular weight is 333 g/mol. The standard InChI is InChI=1S/C17H23N3O2S/c1-11(2)22-17(21)14-12(3)13-15(18-10-19-16(13)23-14)20-8-6-4-5-7-9-20/h10-11H,4-9H2,1-3H3. The van der Waals surface area contributed by atoms with Crippen LogP contribution in [0.25, 0.3) is 10.2 Å². The van der Waals surface area contributed by atoms with Crippen molar-refractivity contribution < 1.29 is 9.53 Å². The minimum atomic E-state index is -0.262. The molecule has 3 heterocycles. The number of hydrogen-bond acceptors (Lipinski definition) is 6. The van der Waals surface area contributed by atoms with Crippen LogP contribution in [-0.2, 0) is 4.74 Å². The molecule has 0 radical (unpaired) electrons. The van der Waals surface area contributed by atoms with Crippen LogP contribution in [0.1, 0.15) is 54.8 Å². The van der Waals surface area contributed by atoms with E-state index in [0.29, 0.717) is 4.88 Å². The van der Waals surface area contributed by atoms with Crippen molar-refractivity contribution in [2.45, 2.75) is 52.6 Å². The Labute approximate surface area is 140 Å². The molecule has 2 aromatic heterocycles. The molecule has 3 rings (SSSR count). The van der Waals surface area contributed by atoms with Crippen LogP contribution in [0.4, 0.5) is 5.82 Å². The van der Waals surface area contributed by atoms with Gasteiger partial charge in [-0.2, -0.15) is 0 Å². The molecule has 1 fully saturated rings. The van der Waals surface area contributed by atoms with Crippen molar-refractivity contribution in [3.8, 4) is 0 Å². The summed E-state index contributed by atoms with van der Waals surface area (Å²) >= 11 is 1.41. The van der Waals surface area contributed by atoms with Crippen LogP contribution in [0, 0.1) is 6.92 Å². The third kappa shape index (κ3) is 3.32. The first-order valence-electron chi connectivity index (χ1n) is 8.28. The number of fused-ring (bicyclic) bond motifs is 1. The third-order valence-electron chi connectivity index (χ3n) is 4.14. The van der Waals surface area contributed by atoms with Crippen molar-refractivity contribution in [1.82, 2.24) is 9.97 Å². The van der Waals surface area contributed by atoms with Crippen molar-refractivity contribution in [2.24, 2.45) is 0 Å². The molecule has 124 valence electrons. The average Bonchev–Trinajstić information content (AvgIpc) is 2.71. The van der Waals surface area contributed by atoms with E-state index in [-0.39, 0.29) is 12.1 Å². The number of hydrogen-bond donors (Lipinski definition) is 0. The Kier molecular flexibility index (Phi) is 4.80. The lowest BCUT2D eigenvalue weighted by Gasteiger charge is -2.22. The van der Waals surface area contributed by atoms with E-state index in [0.717, 1.165) is 34.7 Å². The molecule has 1 saturated heterocycles. The summed E-state index contributed by atoms with van der Waals surface area (Å²) in [6.07, 6.45) is 6.42. The van der Waals surface area contributed by atoms with Gasteiger partial charge in [0.1, 0.15) is 21.9 Å². The van der Waals surface area contributed by atoms with E-state index in [1.807, 2.05) is 20.8 Å². The van der Waals surface area contributed by atoms with Gasteiger partial charge in [0.2, 0.25) is 0 Å². The number of aryl methyl sites for hydroxylation is 1. The fourth-order valence-electron chi connectivity index (χ4n) is 3.04. The molecule has 1 aliphatic rings. The Balaban J connectivity index is 2.03. The number of nitrogens with zero attached hydrogens (tertiary/aromatic N) is 3. The lowest BCUT2D eigenvalue weighted by Crippen LogP contribution is -2.25. The second-order valence-corrected chi connectivity index (χ2v) is 7.29. The van der Waals surface area contributed by atoms with Gasteiger partial charge in [-0.15, -0.1) is 11.3 Å². The molecule has 1 aliphatic heterocycles. The zero-order valence-electron chi connectivity index (χ0n) is 14.0. The largest absolute Gasteiger partial charge is 0.459 e. The molecule has 5 nitrogen and oxygen atoms in total. The predicted molar refractivity (Wildman–Crippen MR) is 93.4 cm³/mol. The van der Waals surface area contributed by atoms with Gasteiger partial charge >= 0.3 is 5.97 Å². The van der Waals surface area contributed by atoms with E-state index < -0.39 is 0 Å². The maximum atomic E-state index is 12.3. The van der Waals surface area contributed by atoms with Crippen LogP contribution in [0.15, 0.2) is 6.33 Å². The smallest absolute Gasteiger partial charge is 0.348 e. The van der Waals surface area contributed by atoms with Gasteiger partial charge in [-0.3, -0.25) is 0 Å². The lowest BCUT2D eigenvalue weighted by atomic mass is 10.2. The third-order valence-corrected chi connectivity index (χ3v) is 5.32. The van der Waals surface area contributed by atoms with Gasteiger partial charge in [0.25, 0.3) is 0 Å². The summed E-state index contributed by atoms with van der Waals surface area (Å²) in [5, 5.41) is 1.01. The number of thiophene rings is 1. The van der Waals surface area contributed by atoms with Crippen LogP contribution in [-0.4, -0.2) is 35.1 Å². The molecule has 0 spiro atoms. The summed E-state index contributed by atoms with van der Waals surface area (Å²) in [6, 6.07) is 0. The summed E-state index contributed by atoms with van der Waals surface area (Å²) in [7, 11) is 0. The van der Waals surface area contributed by atoms with Gasteiger partial charge < -0.3 is 9.64 Å². The summed E-state index contributed by atoms with van der Waals surface area (Å²) in [4.78, 5) is 25.1. The zero-order chi connectivity index (χ0) is 16.4.